The van der Waals surface area contributed by atoms with Gasteiger partial charge in [-0.3, -0.25) is 4.72 Å². The van der Waals surface area contributed by atoms with Gasteiger partial charge in [-0.1, -0.05) is 0 Å². The first kappa shape index (κ1) is 15.2. The summed E-state index contributed by atoms with van der Waals surface area (Å²) < 4.78 is 40.4. The second-order valence-electron chi connectivity index (χ2n) is 4.46. The van der Waals surface area contributed by atoms with E-state index in [0.717, 1.165) is 0 Å². The molecule has 0 aliphatic rings. The van der Waals surface area contributed by atoms with Crippen molar-refractivity contribution in [2.45, 2.75) is 18.9 Å². The first-order chi connectivity index (χ1) is 9.94. The Hall–Kier alpha value is -2.15. The fraction of sp³-hybridized carbons (Fsp3) is 0.214. The summed E-state index contributed by atoms with van der Waals surface area (Å²) in [5.74, 6) is -0.385. The second kappa shape index (κ2) is 6.09. The normalized spacial score (nSPS) is 11.2. The van der Waals surface area contributed by atoms with Gasteiger partial charge in [0, 0.05) is 18.4 Å². The minimum absolute atomic E-state index is 0.0890. The highest BCUT2D eigenvalue weighted by Gasteiger charge is 2.20. The minimum atomic E-state index is -3.84. The Morgan fingerprint density at radius 2 is 2.05 bits per heavy atom. The van der Waals surface area contributed by atoms with E-state index < -0.39 is 10.0 Å². The lowest BCUT2D eigenvalue weighted by atomic mass is 10.2. The molecule has 0 unspecified atom stereocenters. The van der Waals surface area contributed by atoms with Gasteiger partial charge in [-0.15, -0.1) is 0 Å². The van der Waals surface area contributed by atoms with Crippen LogP contribution >= 0.6 is 0 Å². The van der Waals surface area contributed by atoms with Crippen molar-refractivity contribution >= 4 is 21.4 Å². The van der Waals surface area contributed by atoms with Crippen molar-refractivity contribution < 1.29 is 12.8 Å². The van der Waals surface area contributed by atoms with Gasteiger partial charge >= 0.3 is 0 Å². The van der Waals surface area contributed by atoms with Gasteiger partial charge < -0.3 is 5.32 Å². The predicted molar refractivity (Wildman–Crippen MR) is 80.3 cm³/mol. The smallest absolute Gasteiger partial charge is 0.281 e. The van der Waals surface area contributed by atoms with E-state index >= 15 is 0 Å². The van der Waals surface area contributed by atoms with E-state index in [2.05, 4.69) is 15.0 Å². The van der Waals surface area contributed by atoms with Crippen LogP contribution in [-0.4, -0.2) is 19.9 Å². The van der Waals surface area contributed by atoms with Crippen molar-refractivity contribution in [3.8, 4) is 0 Å². The number of pyridine rings is 1. The molecule has 2 aromatic rings. The second-order valence-corrected chi connectivity index (χ2v) is 6.05. The van der Waals surface area contributed by atoms with Crippen LogP contribution in [0.4, 0.5) is 15.8 Å². The molecule has 1 aromatic carbocycles. The monoisotopic (exact) mass is 309 g/mol. The third-order valence-electron chi connectivity index (χ3n) is 2.80. The molecule has 112 valence electrons. The van der Waals surface area contributed by atoms with Gasteiger partial charge in [0.15, 0.2) is 5.03 Å². The number of anilines is 2. The molecule has 0 fully saturated rings. The van der Waals surface area contributed by atoms with Gasteiger partial charge in [-0.2, -0.15) is 8.42 Å². The summed E-state index contributed by atoms with van der Waals surface area (Å²) in [5.41, 5.74) is 1.08. The number of benzene rings is 1. The summed E-state index contributed by atoms with van der Waals surface area (Å²) >= 11 is 0. The zero-order valence-corrected chi connectivity index (χ0v) is 12.5. The Bertz CT molecular complexity index is 748. The van der Waals surface area contributed by atoms with Crippen molar-refractivity contribution in [3.05, 3.63) is 47.9 Å². The maximum atomic E-state index is 13.2. The first-order valence-corrected chi connectivity index (χ1v) is 7.90. The molecule has 2 N–H and O–H groups in total. The average Bonchev–Trinajstić information content (AvgIpc) is 2.43. The molecule has 0 spiro atoms. The molecule has 5 nitrogen and oxygen atoms in total. The van der Waals surface area contributed by atoms with Crippen LogP contribution in [0.1, 0.15) is 12.5 Å². The number of nitrogens with zero attached hydrogens (tertiary/aromatic N) is 1. The van der Waals surface area contributed by atoms with E-state index in [9.17, 15) is 12.8 Å². The number of sulfonamides is 1. The Morgan fingerprint density at radius 1 is 1.29 bits per heavy atom. The van der Waals surface area contributed by atoms with Crippen molar-refractivity contribution in [1.29, 1.82) is 0 Å². The molecule has 7 heteroatoms. The van der Waals surface area contributed by atoms with Crippen molar-refractivity contribution in [2.24, 2.45) is 0 Å². The van der Waals surface area contributed by atoms with Gasteiger partial charge in [0.05, 0.1) is 5.69 Å². The van der Waals surface area contributed by atoms with Crippen LogP contribution in [0.3, 0.4) is 0 Å². The zero-order chi connectivity index (χ0) is 15.5. The zero-order valence-electron chi connectivity index (χ0n) is 11.7. The van der Waals surface area contributed by atoms with E-state index in [4.69, 9.17) is 0 Å². The van der Waals surface area contributed by atoms with Gasteiger partial charge in [0.25, 0.3) is 10.0 Å². The van der Waals surface area contributed by atoms with E-state index in [1.165, 1.54) is 24.4 Å². The Kier molecular flexibility index (Phi) is 4.42. The van der Waals surface area contributed by atoms with Gasteiger partial charge in [-0.25, -0.2) is 9.37 Å². The Balaban J connectivity index is 2.36. The lowest BCUT2D eigenvalue weighted by molar-refractivity contribution is 0.597. The number of hydrogen-bond acceptors (Lipinski definition) is 4. The summed E-state index contributed by atoms with van der Waals surface area (Å²) in [6.07, 6.45) is 1.41. The molecule has 0 atom stereocenters. The van der Waals surface area contributed by atoms with Crippen LogP contribution in [0.2, 0.25) is 0 Å². The number of nitrogens with one attached hydrogen (secondary N) is 2. The molecule has 0 aliphatic heterocycles. The molecule has 0 radical (unpaired) electrons. The van der Waals surface area contributed by atoms with Crippen LogP contribution < -0.4 is 10.0 Å². The van der Waals surface area contributed by atoms with Crippen LogP contribution in [0.15, 0.2) is 41.6 Å². The lowest BCUT2D eigenvalue weighted by Gasteiger charge is -2.12. The SMILES string of the molecule is CCNc1cccnc1S(=O)(=O)Nc1ccc(F)c(C)c1. The summed E-state index contributed by atoms with van der Waals surface area (Å²) in [6, 6.07) is 7.31. The quantitative estimate of drug-likeness (QED) is 0.891. The minimum Gasteiger partial charge on any atom is -0.383 e. The van der Waals surface area contributed by atoms with Gasteiger partial charge in [0.1, 0.15) is 5.82 Å². The fourth-order valence-corrected chi connectivity index (χ4v) is 3.00. The number of rotatable bonds is 5. The van der Waals surface area contributed by atoms with Crippen LogP contribution in [0.25, 0.3) is 0 Å². The molecule has 1 aromatic heterocycles. The lowest BCUT2D eigenvalue weighted by Crippen LogP contribution is -2.17. The molecular weight excluding hydrogens is 293 g/mol. The van der Waals surface area contributed by atoms with Crippen LogP contribution in [-0.2, 0) is 10.0 Å². The number of halogens is 1. The maximum Gasteiger partial charge on any atom is 0.281 e. The van der Waals surface area contributed by atoms with E-state index in [1.54, 1.807) is 19.1 Å². The molecule has 0 aliphatic carbocycles. The highest BCUT2D eigenvalue weighted by atomic mass is 32.2. The topological polar surface area (TPSA) is 71.1 Å². The third-order valence-corrected chi connectivity index (χ3v) is 4.14. The van der Waals surface area contributed by atoms with Gasteiger partial charge in [0.2, 0.25) is 0 Å². The molecule has 0 saturated carbocycles. The van der Waals surface area contributed by atoms with Crippen molar-refractivity contribution in [3.63, 3.8) is 0 Å². The molecule has 0 saturated heterocycles. The van der Waals surface area contributed by atoms with Crippen molar-refractivity contribution in [2.75, 3.05) is 16.6 Å². The van der Waals surface area contributed by atoms with Crippen LogP contribution in [0, 0.1) is 12.7 Å². The number of aryl methyl sites for hydroxylation is 1. The fourth-order valence-electron chi connectivity index (χ4n) is 1.84. The number of aromatic nitrogens is 1. The maximum absolute atomic E-state index is 13.2. The third kappa shape index (κ3) is 3.49. The molecule has 1 heterocycles. The molecular formula is C14H16FN3O2S. The van der Waals surface area contributed by atoms with Gasteiger partial charge in [-0.05, 0) is 49.7 Å². The largest absolute Gasteiger partial charge is 0.383 e. The Morgan fingerprint density at radius 3 is 2.71 bits per heavy atom. The molecule has 0 amide bonds. The average molecular weight is 309 g/mol. The predicted octanol–water partition coefficient (Wildman–Crippen LogP) is 2.76. The van der Waals surface area contributed by atoms with E-state index in [-0.39, 0.29) is 10.8 Å². The standard InChI is InChI=1S/C14H16FN3O2S/c1-3-16-13-5-4-8-17-14(13)21(19,20)18-11-6-7-12(15)10(2)9-11/h4-9,16,18H,3H2,1-2H3. The van der Waals surface area contributed by atoms with E-state index in [0.29, 0.717) is 23.5 Å². The number of hydrogen-bond donors (Lipinski definition) is 2. The summed E-state index contributed by atoms with van der Waals surface area (Å²) in [6.45, 7) is 4.00. The molecule has 0 bridgehead atoms. The highest BCUT2D eigenvalue weighted by molar-refractivity contribution is 7.92. The van der Waals surface area contributed by atoms with Crippen LogP contribution in [0.5, 0.6) is 0 Å². The molecule has 2 rings (SSSR count). The first-order valence-electron chi connectivity index (χ1n) is 6.42. The highest BCUT2D eigenvalue weighted by Crippen LogP contribution is 2.22. The van der Waals surface area contributed by atoms with Crippen molar-refractivity contribution in [1.82, 2.24) is 4.98 Å². The summed E-state index contributed by atoms with van der Waals surface area (Å²) in [7, 11) is -3.84. The summed E-state index contributed by atoms with van der Waals surface area (Å²) in [4.78, 5) is 3.92. The summed E-state index contributed by atoms with van der Waals surface area (Å²) in [5, 5.41) is 2.86. The molecule has 21 heavy (non-hydrogen) atoms. The van der Waals surface area contributed by atoms with E-state index in [1.807, 2.05) is 6.92 Å². The Labute approximate surface area is 123 Å².